The van der Waals surface area contributed by atoms with Crippen LogP contribution in [0.15, 0.2) is 24.4 Å². The number of aromatic nitrogens is 1. The molecule has 0 bridgehead atoms. The smallest absolute Gasteiger partial charge is 0.123 e. The summed E-state index contributed by atoms with van der Waals surface area (Å²) in [5.74, 6) is -0.229. The second-order valence-corrected chi connectivity index (χ2v) is 4.15. The molecule has 0 fully saturated rings. The van der Waals surface area contributed by atoms with Gasteiger partial charge < -0.3 is 9.67 Å². The lowest BCUT2D eigenvalue weighted by molar-refractivity contribution is 0.196. The number of halogens is 1. The Hall–Kier alpha value is -1.35. The van der Waals surface area contributed by atoms with Crippen molar-refractivity contribution in [2.45, 2.75) is 32.9 Å². The molecule has 1 atom stereocenters. The van der Waals surface area contributed by atoms with Gasteiger partial charge in [0.1, 0.15) is 5.82 Å². The molecule has 1 unspecified atom stereocenters. The van der Waals surface area contributed by atoms with Crippen LogP contribution in [-0.2, 0) is 13.0 Å². The maximum absolute atomic E-state index is 13.2. The minimum absolute atomic E-state index is 0.229. The molecule has 1 N–H and O–H groups in total. The zero-order valence-electron chi connectivity index (χ0n) is 9.57. The van der Waals surface area contributed by atoms with Gasteiger partial charge in [-0.25, -0.2) is 4.39 Å². The van der Waals surface area contributed by atoms with Crippen LogP contribution in [0.25, 0.3) is 10.9 Å². The highest BCUT2D eigenvalue weighted by atomic mass is 19.1. The summed E-state index contributed by atoms with van der Waals surface area (Å²) in [6.45, 7) is 4.64. The molecule has 2 aromatic rings. The predicted molar refractivity (Wildman–Crippen MR) is 63.0 cm³/mol. The molecule has 16 heavy (non-hydrogen) atoms. The lowest BCUT2D eigenvalue weighted by atomic mass is 10.1. The van der Waals surface area contributed by atoms with E-state index in [-0.39, 0.29) is 5.82 Å². The molecular formula is C13H16FNO. The van der Waals surface area contributed by atoms with Crippen molar-refractivity contribution in [1.82, 2.24) is 4.57 Å². The van der Waals surface area contributed by atoms with Crippen molar-refractivity contribution in [3.8, 4) is 0 Å². The third-order valence-electron chi connectivity index (χ3n) is 2.78. The van der Waals surface area contributed by atoms with E-state index < -0.39 is 6.10 Å². The molecule has 0 amide bonds. The van der Waals surface area contributed by atoms with Crippen molar-refractivity contribution in [3.63, 3.8) is 0 Å². The number of hydrogen-bond acceptors (Lipinski definition) is 1. The summed E-state index contributed by atoms with van der Waals surface area (Å²) in [4.78, 5) is 0. The van der Waals surface area contributed by atoms with Gasteiger partial charge in [-0.15, -0.1) is 0 Å². The monoisotopic (exact) mass is 221 g/mol. The van der Waals surface area contributed by atoms with Gasteiger partial charge in [-0.05, 0) is 37.6 Å². The zero-order valence-corrected chi connectivity index (χ0v) is 9.57. The Labute approximate surface area is 94.3 Å². The first kappa shape index (κ1) is 11.1. The molecule has 86 valence electrons. The molecule has 1 aromatic carbocycles. The number of aliphatic hydroxyl groups is 1. The number of aryl methyl sites for hydroxylation is 1. The summed E-state index contributed by atoms with van der Waals surface area (Å²) in [5.41, 5.74) is 2.03. The highest BCUT2D eigenvalue weighted by Crippen LogP contribution is 2.23. The topological polar surface area (TPSA) is 25.2 Å². The average molecular weight is 221 g/mol. The van der Waals surface area contributed by atoms with Gasteiger partial charge in [-0.1, -0.05) is 0 Å². The first-order valence-electron chi connectivity index (χ1n) is 5.57. The number of rotatable bonds is 3. The molecule has 2 rings (SSSR count). The Morgan fingerprint density at radius 3 is 2.81 bits per heavy atom. The molecule has 2 nitrogen and oxygen atoms in total. The van der Waals surface area contributed by atoms with Crippen molar-refractivity contribution in [3.05, 3.63) is 35.8 Å². The highest BCUT2D eigenvalue weighted by Gasteiger charge is 2.10. The van der Waals surface area contributed by atoms with E-state index in [9.17, 15) is 9.50 Å². The van der Waals surface area contributed by atoms with E-state index in [1.165, 1.54) is 6.07 Å². The fraction of sp³-hybridized carbons (Fsp3) is 0.385. The van der Waals surface area contributed by atoms with Gasteiger partial charge in [-0.2, -0.15) is 0 Å². The molecule has 0 radical (unpaired) electrons. The summed E-state index contributed by atoms with van der Waals surface area (Å²) >= 11 is 0. The summed E-state index contributed by atoms with van der Waals surface area (Å²) in [6, 6.07) is 4.81. The Balaban J connectivity index is 2.59. The fourth-order valence-electron chi connectivity index (χ4n) is 2.09. The van der Waals surface area contributed by atoms with Gasteiger partial charge in [0.2, 0.25) is 0 Å². The fourth-order valence-corrected chi connectivity index (χ4v) is 2.09. The predicted octanol–water partition coefficient (Wildman–Crippen LogP) is 2.72. The summed E-state index contributed by atoms with van der Waals surface area (Å²) in [5, 5.41) is 10.3. The molecule has 0 saturated heterocycles. The number of aliphatic hydroxyl groups excluding tert-OH is 1. The van der Waals surface area contributed by atoms with Crippen molar-refractivity contribution in [1.29, 1.82) is 0 Å². The summed E-state index contributed by atoms with van der Waals surface area (Å²) < 4.78 is 15.3. The van der Waals surface area contributed by atoms with E-state index in [0.29, 0.717) is 6.42 Å². The third-order valence-corrected chi connectivity index (χ3v) is 2.78. The van der Waals surface area contributed by atoms with E-state index in [2.05, 4.69) is 11.5 Å². The number of nitrogens with zero attached hydrogens (tertiary/aromatic N) is 1. The zero-order chi connectivity index (χ0) is 11.7. The van der Waals surface area contributed by atoms with Crippen molar-refractivity contribution in [2.24, 2.45) is 0 Å². The van der Waals surface area contributed by atoms with Crippen LogP contribution in [0.5, 0.6) is 0 Å². The van der Waals surface area contributed by atoms with E-state index in [4.69, 9.17) is 0 Å². The molecule has 0 aliphatic rings. The van der Waals surface area contributed by atoms with Gasteiger partial charge in [0.25, 0.3) is 0 Å². The standard InChI is InChI=1S/C13H16FNO/c1-3-15-8-10(6-9(2)16)12-7-11(14)4-5-13(12)15/h4-5,7-9,16H,3,6H2,1-2H3. The van der Waals surface area contributed by atoms with Crippen LogP contribution in [0.2, 0.25) is 0 Å². The minimum atomic E-state index is -0.404. The van der Waals surface area contributed by atoms with E-state index >= 15 is 0 Å². The molecule has 0 spiro atoms. The van der Waals surface area contributed by atoms with E-state index in [1.54, 1.807) is 19.1 Å². The molecule has 0 aliphatic carbocycles. The quantitative estimate of drug-likeness (QED) is 0.847. The maximum Gasteiger partial charge on any atom is 0.123 e. The van der Waals surface area contributed by atoms with E-state index in [1.807, 2.05) is 6.20 Å². The number of fused-ring (bicyclic) bond motifs is 1. The Bertz CT molecular complexity index is 502. The van der Waals surface area contributed by atoms with Crippen LogP contribution >= 0.6 is 0 Å². The van der Waals surface area contributed by atoms with Crippen molar-refractivity contribution < 1.29 is 9.50 Å². The molecule has 3 heteroatoms. The summed E-state index contributed by atoms with van der Waals surface area (Å²) in [6.07, 6.45) is 2.16. The van der Waals surface area contributed by atoms with Crippen LogP contribution in [0.4, 0.5) is 4.39 Å². The van der Waals surface area contributed by atoms with Gasteiger partial charge >= 0.3 is 0 Å². The van der Waals surface area contributed by atoms with Crippen LogP contribution in [0.1, 0.15) is 19.4 Å². The maximum atomic E-state index is 13.2. The van der Waals surface area contributed by atoms with Crippen LogP contribution in [-0.4, -0.2) is 15.8 Å². The molecule has 0 saturated carbocycles. The Kier molecular flexibility index (Phi) is 2.97. The summed E-state index contributed by atoms with van der Waals surface area (Å²) in [7, 11) is 0. The first-order valence-corrected chi connectivity index (χ1v) is 5.57. The molecule has 1 aromatic heterocycles. The molecule has 1 heterocycles. The van der Waals surface area contributed by atoms with Gasteiger partial charge in [0.15, 0.2) is 0 Å². The van der Waals surface area contributed by atoms with Gasteiger partial charge in [0, 0.05) is 30.1 Å². The van der Waals surface area contributed by atoms with Crippen molar-refractivity contribution >= 4 is 10.9 Å². The molecular weight excluding hydrogens is 205 g/mol. The largest absolute Gasteiger partial charge is 0.393 e. The van der Waals surface area contributed by atoms with Gasteiger partial charge in [0.05, 0.1) is 6.10 Å². The number of benzene rings is 1. The third kappa shape index (κ3) is 1.95. The van der Waals surface area contributed by atoms with Crippen LogP contribution in [0, 0.1) is 5.82 Å². The van der Waals surface area contributed by atoms with Crippen molar-refractivity contribution in [2.75, 3.05) is 0 Å². The van der Waals surface area contributed by atoms with Gasteiger partial charge in [-0.3, -0.25) is 0 Å². The Morgan fingerprint density at radius 2 is 2.19 bits per heavy atom. The average Bonchev–Trinajstić information content (AvgIpc) is 2.55. The van der Waals surface area contributed by atoms with E-state index in [0.717, 1.165) is 23.0 Å². The minimum Gasteiger partial charge on any atom is -0.393 e. The number of hydrogen-bond donors (Lipinski definition) is 1. The second-order valence-electron chi connectivity index (χ2n) is 4.15. The SMILES string of the molecule is CCn1cc(CC(C)O)c2cc(F)ccc21. The highest BCUT2D eigenvalue weighted by molar-refractivity contribution is 5.84. The first-order chi connectivity index (χ1) is 7.61. The van der Waals surface area contributed by atoms with Crippen LogP contribution in [0.3, 0.4) is 0 Å². The lowest BCUT2D eigenvalue weighted by Crippen LogP contribution is -2.03. The Morgan fingerprint density at radius 1 is 1.44 bits per heavy atom. The normalized spacial score (nSPS) is 13.2. The van der Waals surface area contributed by atoms with Crippen LogP contribution < -0.4 is 0 Å². The second kappa shape index (κ2) is 4.26. The lowest BCUT2D eigenvalue weighted by Gasteiger charge is -2.01. The molecule has 0 aliphatic heterocycles.